The monoisotopic (exact) mass is 302 g/mol. The first kappa shape index (κ1) is 14.3. The lowest BCUT2D eigenvalue weighted by Crippen LogP contribution is -2.24. The molecule has 3 rings (SSSR count). The number of pyridine rings is 1. The summed E-state index contributed by atoms with van der Waals surface area (Å²) in [6, 6.07) is 3.96. The SMILES string of the molecule is CC1CCCCC1CNc1snc(N)c1-c1ccncc1. The van der Waals surface area contributed by atoms with E-state index in [4.69, 9.17) is 5.73 Å². The minimum Gasteiger partial charge on any atom is -0.382 e. The van der Waals surface area contributed by atoms with Gasteiger partial charge in [-0.15, -0.1) is 0 Å². The van der Waals surface area contributed by atoms with Gasteiger partial charge in [0.15, 0.2) is 0 Å². The number of hydrogen-bond donors (Lipinski definition) is 2. The van der Waals surface area contributed by atoms with Crippen LogP contribution in [0, 0.1) is 11.8 Å². The Kier molecular flexibility index (Phi) is 4.39. The molecule has 0 aromatic carbocycles. The molecule has 0 amide bonds. The van der Waals surface area contributed by atoms with Crippen LogP contribution in [0.4, 0.5) is 10.8 Å². The fourth-order valence-corrected chi connectivity index (χ4v) is 3.88. The van der Waals surface area contributed by atoms with E-state index in [0.29, 0.717) is 5.82 Å². The highest BCUT2D eigenvalue weighted by Crippen LogP contribution is 2.37. The molecule has 1 fully saturated rings. The highest BCUT2D eigenvalue weighted by molar-refractivity contribution is 7.11. The Labute approximate surface area is 130 Å². The van der Waals surface area contributed by atoms with E-state index in [2.05, 4.69) is 21.6 Å². The third kappa shape index (κ3) is 3.18. The number of hydrogen-bond acceptors (Lipinski definition) is 5. The van der Waals surface area contributed by atoms with Gasteiger partial charge >= 0.3 is 0 Å². The first-order chi connectivity index (χ1) is 10.3. The molecule has 0 spiro atoms. The van der Waals surface area contributed by atoms with Crippen LogP contribution in [0.25, 0.3) is 11.1 Å². The zero-order valence-electron chi connectivity index (χ0n) is 12.4. The molecule has 112 valence electrons. The molecular formula is C16H22N4S. The van der Waals surface area contributed by atoms with Crippen molar-refractivity contribution in [1.29, 1.82) is 0 Å². The average Bonchev–Trinajstić information content (AvgIpc) is 2.88. The predicted molar refractivity (Wildman–Crippen MR) is 89.4 cm³/mol. The molecule has 2 unspecified atom stereocenters. The van der Waals surface area contributed by atoms with E-state index in [0.717, 1.165) is 34.5 Å². The van der Waals surface area contributed by atoms with Crippen molar-refractivity contribution in [3.05, 3.63) is 24.5 Å². The molecule has 4 nitrogen and oxygen atoms in total. The Bertz CT molecular complexity index is 581. The van der Waals surface area contributed by atoms with Gasteiger partial charge in [-0.25, -0.2) is 0 Å². The van der Waals surface area contributed by atoms with Gasteiger partial charge < -0.3 is 11.1 Å². The van der Waals surface area contributed by atoms with Crippen molar-refractivity contribution in [2.24, 2.45) is 11.8 Å². The third-order valence-electron chi connectivity index (χ3n) is 4.50. The summed E-state index contributed by atoms with van der Waals surface area (Å²) in [6.45, 7) is 3.39. The van der Waals surface area contributed by atoms with Crippen molar-refractivity contribution in [3.8, 4) is 11.1 Å². The van der Waals surface area contributed by atoms with Gasteiger partial charge in [0.2, 0.25) is 0 Å². The minimum absolute atomic E-state index is 0.602. The molecular weight excluding hydrogens is 280 g/mol. The van der Waals surface area contributed by atoms with Gasteiger partial charge in [0.1, 0.15) is 10.8 Å². The maximum Gasteiger partial charge on any atom is 0.147 e. The molecule has 2 aromatic heterocycles. The zero-order chi connectivity index (χ0) is 14.7. The van der Waals surface area contributed by atoms with Gasteiger partial charge in [0, 0.05) is 18.9 Å². The number of aromatic nitrogens is 2. The van der Waals surface area contributed by atoms with Gasteiger partial charge in [-0.2, -0.15) is 4.37 Å². The summed E-state index contributed by atoms with van der Waals surface area (Å²) in [7, 11) is 0. The second-order valence-electron chi connectivity index (χ2n) is 5.91. The van der Waals surface area contributed by atoms with Crippen LogP contribution in [-0.2, 0) is 0 Å². The molecule has 0 aliphatic heterocycles. The van der Waals surface area contributed by atoms with E-state index in [1.54, 1.807) is 12.4 Å². The Hall–Kier alpha value is -1.62. The van der Waals surface area contributed by atoms with Gasteiger partial charge in [-0.3, -0.25) is 4.98 Å². The van der Waals surface area contributed by atoms with Crippen LogP contribution in [0.3, 0.4) is 0 Å². The highest BCUT2D eigenvalue weighted by atomic mass is 32.1. The standard InChI is InChI=1S/C16H22N4S/c1-11-4-2-3-5-13(11)10-19-16-14(15(17)20-21-16)12-6-8-18-9-7-12/h6-9,11,13,19H,2-5,10H2,1H3,(H2,17,20). The van der Waals surface area contributed by atoms with E-state index in [1.807, 2.05) is 12.1 Å². The van der Waals surface area contributed by atoms with E-state index in [-0.39, 0.29) is 0 Å². The lowest BCUT2D eigenvalue weighted by Gasteiger charge is -2.29. The van der Waals surface area contributed by atoms with Crippen molar-refractivity contribution >= 4 is 22.4 Å². The van der Waals surface area contributed by atoms with Crippen LogP contribution in [-0.4, -0.2) is 15.9 Å². The fourth-order valence-electron chi connectivity index (χ4n) is 3.14. The van der Waals surface area contributed by atoms with E-state index < -0.39 is 0 Å². The molecule has 21 heavy (non-hydrogen) atoms. The Morgan fingerprint density at radius 3 is 2.81 bits per heavy atom. The van der Waals surface area contributed by atoms with Crippen molar-refractivity contribution in [2.45, 2.75) is 32.6 Å². The number of nitrogens with zero attached hydrogens (tertiary/aromatic N) is 2. The average molecular weight is 302 g/mol. The van der Waals surface area contributed by atoms with Crippen LogP contribution in [0.5, 0.6) is 0 Å². The summed E-state index contributed by atoms with van der Waals surface area (Å²) < 4.78 is 4.31. The molecule has 3 N–H and O–H groups in total. The number of anilines is 2. The zero-order valence-corrected chi connectivity index (χ0v) is 13.2. The van der Waals surface area contributed by atoms with Gasteiger partial charge in [0.05, 0.1) is 5.56 Å². The molecule has 0 radical (unpaired) electrons. The first-order valence-electron chi connectivity index (χ1n) is 7.65. The normalized spacial score (nSPS) is 22.1. The van der Waals surface area contributed by atoms with Crippen molar-refractivity contribution in [1.82, 2.24) is 9.36 Å². The lowest BCUT2D eigenvalue weighted by atomic mass is 9.80. The van der Waals surface area contributed by atoms with Gasteiger partial charge in [-0.05, 0) is 47.5 Å². The molecule has 1 saturated carbocycles. The van der Waals surface area contributed by atoms with Crippen LogP contribution in [0.1, 0.15) is 32.6 Å². The lowest BCUT2D eigenvalue weighted by molar-refractivity contribution is 0.269. The Balaban J connectivity index is 1.74. The highest BCUT2D eigenvalue weighted by Gasteiger charge is 2.22. The molecule has 1 aliphatic rings. The minimum atomic E-state index is 0.602. The molecule has 2 atom stereocenters. The molecule has 0 bridgehead atoms. The summed E-state index contributed by atoms with van der Waals surface area (Å²) in [5.74, 6) is 2.17. The van der Waals surface area contributed by atoms with Crippen LogP contribution < -0.4 is 11.1 Å². The summed E-state index contributed by atoms with van der Waals surface area (Å²) in [4.78, 5) is 4.07. The molecule has 1 aliphatic carbocycles. The summed E-state index contributed by atoms with van der Waals surface area (Å²) in [6.07, 6.45) is 9.01. The fraction of sp³-hybridized carbons (Fsp3) is 0.500. The number of rotatable bonds is 4. The smallest absolute Gasteiger partial charge is 0.147 e. The molecule has 5 heteroatoms. The second kappa shape index (κ2) is 6.43. The number of nitrogens with one attached hydrogen (secondary N) is 1. The molecule has 0 saturated heterocycles. The summed E-state index contributed by atoms with van der Waals surface area (Å²) >= 11 is 1.45. The summed E-state index contributed by atoms with van der Waals surface area (Å²) in [5.41, 5.74) is 8.15. The molecule has 2 heterocycles. The van der Waals surface area contributed by atoms with Crippen molar-refractivity contribution < 1.29 is 0 Å². The van der Waals surface area contributed by atoms with Crippen molar-refractivity contribution in [2.75, 3.05) is 17.6 Å². The summed E-state index contributed by atoms with van der Waals surface area (Å²) in [5, 5.41) is 4.67. The van der Waals surface area contributed by atoms with E-state index in [1.165, 1.54) is 37.2 Å². The quantitative estimate of drug-likeness (QED) is 0.895. The Morgan fingerprint density at radius 1 is 1.29 bits per heavy atom. The van der Waals surface area contributed by atoms with Crippen LogP contribution >= 0.6 is 11.5 Å². The largest absolute Gasteiger partial charge is 0.382 e. The number of nitrogens with two attached hydrogens (primary N) is 1. The van der Waals surface area contributed by atoms with Gasteiger partial charge in [0.25, 0.3) is 0 Å². The van der Waals surface area contributed by atoms with E-state index in [9.17, 15) is 0 Å². The van der Waals surface area contributed by atoms with E-state index >= 15 is 0 Å². The predicted octanol–water partition coefficient (Wildman–Crippen LogP) is 4.03. The Morgan fingerprint density at radius 2 is 2.05 bits per heavy atom. The second-order valence-corrected chi connectivity index (χ2v) is 6.68. The van der Waals surface area contributed by atoms with Crippen LogP contribution in [0.2, 0.25) is 0 Å². The third-order valence-corrected chi connectivity index (χ3v) is 5.32. The first-order valence-corrected chi connectivity index (χ1v) is 8.42. The maximum atomic E-state index is 6.05. The van der Waals surface area contributed by atoms with Crippen LogP contribution in [0.15, 0.2) is 24.5 Å². The number of nitrogen functional groups attached to an aromatic ring is 1. The topological polar surface area (TPSA) is 63.8 Å². The maximum absolute atomic E-state index is 6.05. The van der Waals surface area contributed by atoms with Gasteiger partial charge in [-0.1, -0.05) is 26.2 Å². The van der Waals surface area contributed by atoms with Crippen molar-refractivity contribution in [3.63, 3.8) is 0 Å². The molecule has 2 aromatic rings.